The zero-order chi connectivity index (χ0) is 38.5. The smallest absolute Gasteiger partial charge is 0.253 e. The third-order valence-electron chi connectivity index (χ3n) is 12.3. The van der Waals surface area contributed by atoms with Gasteiger partial charge in [0.15, 0.2) is 6.23 Å². The Balaban J connectivity index is 1.43. The fraction of sp³-hybridized carbons (Fsp3) is 0.825. The van der Waals surface area contributed by atoms with Gasteiger partial charge in [0.2, 0.25) is 17.7 Å². The van der Waals surface area contributed by atoms with Crippen LogP contribution in [0.5, 0.6) is 0 Å². The number of rotatable bonds is 21. The molecular weight excluding hydrogens is 676 g/mol. The van der Waals surface area contributed by atoms with Crippen molar-refractivity contribution in [2.75, 3.05) is 27.2 Å². The van der Waals surface area contributed by atoms with Gasteiger partial charge in [-0.1, -0.05) is 45.4 Å². The summed E-state index contributed by atoms with van der Waals surface area (Å²) in [5, 5.41) is 11.6. The average Bonchev–Trinajstić information content (AvgIpc) is 3.37. The molecule has 13 nitrogen and oxygen atoms in total. The number of amides is 4. The zero-order valence-electron chi connectivity index (χ0n) is 33.0. The standard InChI is InChI=1S/C40H68N6O7/c1-6-13-30(24-47)46(5)39(51)26(2)34(20-28-21-40(22-28)18-12-19-40)53-27(3)43-37(49)33(25-52-31-16-11-17-31)45-36(48)32(23-41)44-38(50)35(42-4)29-14-9-7-8-10-15-29/h24,27-33,35,42H,6-23,25,41H2,1-5H3,(H,43,49)(H,44,50)(H,45,48)/b34-26-/t27-,30?,32?,33?,35?/m0/s1. The highest BCUT2D eigenvalue weighted by molar-refractivity contribution is 5.95. The van der Waals surface area contributed by atoms with Gasteiger partial charge < -0.3 is 46.2 Å². The van der Waals surface area contributed by atoms with Crippen LogP contribution in [0.1, 0.15) is 130 Å². The number of ether oxygens (including phenoxy) is 2. The molecule has 4 rings (SSSR count). The minimum Gasteiger partial charge on any atom is -0.475 e. The van der Waals surface area contributed by atoms with Crippen LogP contribution in [0.2, 0.25) is 0 Å². The van der Waals surface area contributed by atoms with Crippen LogP contribution < -0.4 is 27.0 Å². The summed E-state index contributed by atoms with van der Waals surface area (Å²) in [5.41, 5.74) is 6.85. The predicted molar refractivity (Wildman–Crippen MR) is 203 cm³/mol. The van der Waals surface area contributed by atoms with Crippen molar-refractivity contribution in [3.8, 4) is 0 Å². The summed E-state index contributed by atoms with van der Waals surface area (Å²) >= 11 is 0. The summed E-state index contributed by atoms with van der Waals surface area (Å²) in [5.74, 6) is -0.605. The van der Waals surface area contributed by atoms with Gasteiger partial charge in [-0.2, -0.15) is 0 Å². The Morgan fingerprint density at radius 2 is 1.55 bits per heavy atom. The first-order valence-corrected chi connectivity index (χ1v) is 20.4. The van der Waals surface area contributed by atoms with Crippen LogP contribution in [0.15, 0.2) is 11.3 Å². The quantitative estimate of drug-likeness (QED) is 0.0386. The summed E-state index contributed by atoms with van der Waals surface area (Å²) < 4.78 is 12.4. The molecule has 13 heteroatoms. The fourth-order valence-electron chi connectivity index (χ4n) is 8.62. The lowest BCUT2D eigenvalue weighted by Gasteiger charge is -2.54. The van der Waals surface area contributed by atoms with Gasteiger partial charge in [0, 0.05) is 20.0 Å². The van der Waals surface area contributed by atoms with Gasteiger partial charge in [-0.05, 0) is 102 Å². The van der Waals surface area contributed by atoms with E-state index < -0.39 is 42.2 Å². The number of carbonyl (C=O) groups excluding carboxylic acids is 5. The Morgan fingerprint density at radius 1 is 0.906 bits per heavy atom. The fourth-order valence-corrected chi connectivity index (χ4v) is 8.62. The first-order chi connectivity index (χ1) is 25.4. The van der Waals surface area contributed by atoms with Crippen molar-refractivity contribution in [2.45, 2.75) is 166 Å². The molecule has 0 saturated heterocycles. The molecule has 53 heavy (non-hydrogen) atoms. The molecular formula is C40H68N6O7. The second-order valence-electron chi connectivity index (χ2n) is 16.3. The number of nitrogens with zero attached hydrogens (tertiary/aromatic N) is 1. The number of hydrogen-bond donors (Lipinski definition) is 5. The maximum absolute atomic E-state index is 13.8. The Bertz CT molecular complexity index is 1270. The Kier molecular flexibility index (Phi) is 16.6. The average molecular weight is 745 g/mol. The molecule has 0 aliphatic heterocycles. The van der Waals surface area contributed by atoms with Crippen LogP contribution in [0.3, 0.4) is 0 Å². The molecule has 4 fully saturated rings. The van der Waals surface area contributed by atoms with Crippen molar-refractivity contribution in [1.82, 2.24) is 26.2 Å². The van der Waals surface area contributed by atoms with E-state index in [4.69, 9.17) is 15.2 Å². The van der Waals surface area contributed by atoms with Gasteiger partial charge >= 0.3 is 0 Å². The molecule has 0 radical (unpaired) electrons. The van der Waals surface area contributed by atoms with Crippen LogP contribution in [0, 0.1) is 17.3 Å². The lowest BCUT2D eigenvalue weighted by molar-refractivity contribution is -0.136. The minimum absolute atomic E-state index is 0.0152. The van der Waals surface area contributed by atoms with E-state index in [1.165, 1.54) is 24.2 Å². The summed E-state index contributed by atoms with van der Waals surface area (Å²) in [7, 11) is 3.40. The molecule has 0 aromatic carbocycles. The van der Waals surface area contributed by atoms with E-state index in [0.717, 1.165) is 83.3 Å². The molecule has 0 aromatic rings. The minimum atomic E-state index is -1.07. The van der Waals surface area contributed by atoms with Gasteiger partial charge in [-0.25, -0.2) is 0 Å². The molecule has 4 aliphatic rings. The lowest BCUT2D eigenvalue weighted by atomic mass is 9.51. The van der Waals surface area contributed by atoms with E-state index >= 15 is 0 Å². The predicted octanol–water partition coefficient (Wildman–Crippen LogP) is 3.59. The summed E-state index contributed by atoms with van der Waals surface area (Å²) in [4.78, 5) is 67.7. The number of carbonyl (C=O) groups is 5. The van der Waals surface area contributed by atoms with Gasteiger partial charge in [-0.15, -0.1) is 0 Å². The number of nitrogens with two attached hydrogens (primary N) is 1. The van der Waals surface area contributed by atoms with E-state index in [9.17, 15) is 24.0 Å². The van der Waals surface area contributed by atoms with Crippen molar-refractivity contribution in [2.24, 2.45) is 23.0 Å². The molecule has 5 atom stereocenters. The molecule has 0 heterocycles. The summed E-state index contributed by atoms with van der Waals surface area (Å²) in [6.45, 7) is 5.19. The molecule has 300 valence electrons. The van der Waals surface area contributed by atoms with Crippen LogP contribution >= 0.6 is 0 Å². The number of nitrogens with one attached hydrogen (secondary N) is 4. The topological polar surface area (TPSA) is 181 Å². The molecule has 4 saturated carbocycles. The second-order valence-corrected chi connectivity index (χ2v) is 16.3. The van der Waals surface area contributed by atoms with Crippen LogP contribution in [0.4, 0.5) is 0 Å². The molecule has 6 N–H and O–H groups in total. The monoisotopic (exact) mass is 745 g/mol. The van der Waals surface area contributed by atoms with Crippen LogP contribution in [-0.2, 0) is 33.4 Å². The molecule has 0 aromatic heterocycles. The van der Waals surface area contributed by atoms with Crippen molar-refractivity contribution in [1.29, 1.82) is 0 Å². The van der Waals surface area contributed by atoms with Gasteiger partial charge in [0.25, 0.3) is 5.91 Å². The van der Waals surface area contributed by atoms with Crippen molar-refractivity contribution in [3.63, 3.8) is 0 Å². The third kappa shape index (κ3) is 11.7. The Labute approximate surface area is 317 Å². The van der Waals surface area contributed by atoms with Gasteiger partial charge in [-0.3, -0.25) is 19.2 Å². The van der Waals surface area contributed by atoms with E-state index in [0.29, 0.717) is 35.5 Å². The normalized spacial score (nSPS) is 22.2. The lowest BCUT2D eigenvalue weighted by Crippen LogP contribution is -2.60. The highest BCUT2D eigenvalue weighted by Gasteiger charge is 2.48. The first kappa shape index (κ1) is 42.7. The van der Waals surface area contributed by atoms with Crippen molar-refractivity contribution < 1.29 is 33.4 Å². The van der Waals surface area contributed by atoms with Crippen LogP contribution in [-0.4, -0.2) is 98.6 Å². The molecule has 4 amide bonds. The third-order valence-corrected chi connectivity index (χ3v) is 12.3. The summed E-state index contributed by atoms with van der Waals surface area (Å²) in [6, 6.07) is -3.09. The molecule has 0 bridgehead atoms. The Hall–Kier alpha value is -3.03. The van der Waals surface area contributed by atoms with E-state index in [1.807, 2.05) is 6.92 Å². The number of hydrogen-bond acceptors (Lipinski definition) is 9. The molecule has 4 aliphatic carbocycles. The van der Waals surface area contributed by atoms with Gasteiger partial charge in [0.05, 0.1) is 30.4 Å². The van der Waals surface area contributed by atoms with Crippen molar-refractivity contribution >= 4 is 29.9 Å². The number of aldehydes is 1. The maximum Gasteiger partial charge on any atom is 0.253 e. The number of likely N-dealkylation sites (N-methyl/N-ethyl adjacent to an activating group) is 2. The molecule has 1 spiro atoms. The second kappa shape index (κ2) is 20.6. The Morgan fingerprint density at radius 3 is 2.08 bits per heavy atom. The van der Waals surface area contributed by atoms with E-state index in [1.54, 1.807) is 27.9 Å². The molecule has 4 unspecified atom stereocenters. The largest absolute Gasteiger partial charge is 0.475 e. The number of allylic oxidation sites excluding steroid dienone is 1. The SMILES string of the molecule is CCCC(C=O)N(C)C(=O)/C(C)=C(/CC1CC2(CCC2)C1)O[C@@H](C)NC(=O)C(COC1CCC1)NC(=O)C(CN)NC(=O)C(NC)C1CCCCCC1. The van der Waals surface area contributed by atoms with E-state index in [-0.39, 0.29) is 37.0 Å². The van der Waals surface area contributed by atoms with Gasteiger partial charge in [0.1, 0.15) is 24.1 Å². The van der Waals surface area contributed by atoms with Crippen LogP contribution in [0.25, 0.3) is 0 Å². The first-order valence-electron chi connectivity index (χ1n) is 20.4. The zero-order valence-corrected chi connectivity index (χ0v) is 33.0. The van der Waals surface area contributed by atoms with Crippen molar-refractivity contribution in [3.05, 3.63) is 11.3 Å². The highest BCUT2D eigenvalue weighted by Crippen LogP contribution is 2.60. The highest BCUT2D eigenvalue weighted by atomic mass is 16.5. The van der Waals surface area contributed by atoms with E-state index in [2.05, 4.69) is 21.3 Å². The summed E-state index contributed by atoms with van der Waals surface area (Å²) in [6.07, 6.45) is 17.0. The maximum atomic E-state index is 13.8.